The Labute approximate surface area is 89.6 Å². The van der Waals surface area contributed by atoms with E-state index in [-0.39, 0.29) is 0 Å². The van der Waals surface area contributed by atoms with E-state index in [4.69, 9.17) is 0 Å². The van der Waals surface area contributed by atoms with E-state index in [9.17, 15) is 0 Å². The zero-order valence-corrected chi connectivity index (χ0v) is 8.48. The van der Waals surface area contributed by atoms with Gasteiger partial charge in [0.15, 0.2) is 0 Å². The van der Waals surface area contributed by atoms with Crippen LogP contribution in [0.4, 0.5) is 0 Å². The van der Waals surface area contributed by atoms with Gasteiger partial charge in [0.1, 0.15) is 0 Å². The normalized spacial score (nSPS) is 25.1. The first-order valence-electron chi connectivity index (χ1n) is 5.63. The van der Waals surface area contributed by atoms with Gasteiger partial charge in [0.05, 0.1) is 0 Å². The van der Waals surface area contributed by atoms with Crippen LogP contribution in [0.5, 0.6) is 0 Å². The molecular weight excluding hydrogens is 180 g/mol. The van der Waals surface area contributed by atoms with E-state index in [1.165, 1.54) is 17.5 Å². The second-order valence-corrected chi connectivity index (χ2v) is 4.62. The standard InChI is InChI=1S/C15H12/c1-3-7-12-10(5-1)11-6-2-4-8-13(11)15-9-14(12)15/h1-8,14-15H,9H2/t14-,15+. The van der Waals surface area contributed by atoms with Crippen molar-refractivity contribution in [3.63, 3.8) is 0 Å². The summed E-state index contributed by atoms with van der Waals surface area (Å²) in [6, 6.07) is 17.8. The molecule has 0 amide bonds. The average Bonchev–Trinajstić information content (AvgIpc) is 3.10. The van der Waals surface area contributed by atoms with Gasteiger partial charge in [-0.15, -0.1) is 0 Å². The van der Waals surface area contributed by atoms with Crippen LogP contribution in [-0.4, -0.2) is 0 Å². The lowest BCUT2D eigenvalue weighted by atomic mass is 9.86. The molecule has 0 spiro atoms. The van der Waals surface area contributed by atoms with Crippen LogP contribution in [0.15, 0.2) is 48.5 Å². The minimum absolute atomic E-state index is 0.816. The van der Waals surface area contributed by atoms with Crippen LogP contribution in [0.3, 0.4) is 0 Å². The van der Waals surface area contributed by atoms with E-state index in [1.54, 1.807) is 11.1 Å². The summed E-state index contributed by atoms with van der Waals surface area (Å²) >= 11 is 0. The van der Waals surface area contributed by atoms with Gasteiger partial charge < -0.3 is 0 Å². The molecule has 1 fully saturated rings. The van der Waals surface area contributed by atoms with Crippen LogP contribution >= 0.6 is 0 Å². The van der Waals surface area contributed by atoms with Crippen molar-refractivity contribution < 1.29 is 0 Å². The number of benzene rings is 2. The summed E-state index contributed by atoms with van der Waals surface area (Å²) in [5, 5.41) is 0. The summed E-state index contributed by atoms with van der Waals surface area (Å²) in [5.41, 5.74) is 6.07. The van der Waals surface area contributed by atoms with Crippen LogP contribution in [0.1, 0.15) is 29.4 Å². The Morgan fingerprint density at radius 1 is 0.667 bits per heavy atom. The predicted molar refractivity (Wildman–Crippen MR) is 62.0 cm³/mol. The van der Waals surface area contributed by atoms with Gasteiger partial charge in [0.25, 0.3) is 0 Å². The van der Waals surface area contributed by atoms with Crippen molar-refractivity contribution in [2.75, 3.05) is 0 Å². The predicted octanol–water partition coefficient (Wildman–Crippen LogP) is 3.94. The molecule has 2 aliphatic rings. The highest BCUT2D eigenvalue weighted by Crippen LogP contribution is 2.61. The lowest BCUT2D eigenvalue weighted by molar-refractivity contribution is 1.01. The van der Waals surface area contributed by atoms with Crippen LogP contribution in [0.2, 0.25) is 0 Å². The fourth-order valence-electron chi connectivity index (χ4n) is 3.01. The molecule has 0 aromatic heterocycles. The lowest BCUT2D eigenvalue weighted by Crippen LogP contribution is -1.98. The molecule has 2 atom stereocenters. The zero-order chi connectivity index (χ0) is 9.83. The second kappa shape index (κ2) is 2.52. The van der Waals surface area contributed by atoms with E-state index in [0.29, 0.717) is 0 Å². The summed E-state index contributed by atoms with van der Waals surface area (Å²) < 4.78 is 0. The summed E-state index contributed by atoms with van der Waals surface area (Å²) in [7, 11) is 0. The van der Waals surface area contributed by atoms with Crippen LogP contribution in [-0.2, 0) is 0 Å². The highest BCUT2D eigenvalue weighted by molar-refractivity contribution is 5.77. The summed E-state index contributed by atoms with van der Waals surface area (Å²) in [4.78, 5) is 0. The van der Waals surface area contributed by atoms with E-state index < -0.39 is 0 Å². The van der Waals surface area contributed by atoms with Crippen LogP contribution in [0, 0.1) is 0 Å². The first kappa shape index (κ1) is 7.70. The molecular formula is C15H12. The summed E-state index contributed by atoms with van der Waals surface area (Å²) in [6.07, 6.45) is 1.36. The Morgan fingerprint density at radius 2 is 1.13 bits per heavy atom. The molecule has 0 unspecified atom stereocenters. The molecule has 0 bridgehead atoms. The van der Waals surface area contributed by atoms with Crippen molar-refractivity contribution in [3.8, 4) is 11.1 Å². The number of hydrogen-bond donors (Lipinski definition) is 0. The Balaban J connectivity index is 2.09. The number of rotatable bonds is 0. The third-order valence-corrected chi connectivity index (χ3v) is 3.80. The maximum Gasteiger partial charge on any atom is -0.00805 e. The molecule has 0 radical (unpaired) electrons. The van der Waals surface area contributed by atoms with E-state index >= 15 is 0 Å². The largest absolute Gasteiger partial charge is 0.0619 e. The Bertz CT molecular complexity index is 490. The highest BCUT2D eigenvalue weighted by Gasteiger charge is 2.44. The zero-order valence-electron chi connectivity index (χ0n) is 8.48. The third-order valence-electron chi connectivity index (χ3n) is 3.80. The molecule has 0 saturated heterocycles. The van der Waals surface area contributed by atoms with E-state index in [1.807, 2.05) is 0 Å². The molecule has 0 aliphatic heterocycles. The molecule has 0 heterocycles. The molecule has 4 rings (SSSR count). The molecule has 1 saturated carbocycles. The molecule has 0 N–H and O–H groups in total. The van der Waals surface area contributed by atoms with Crippen molar-refractivity contribution in [2.45, 2.75) is 18.3 Å². The van der Waals surface area contributed by atoms with Gasteiger partial charge in [0.2, 0.25) is 0 Å². The first-order chi connectivity index (χ1) is 7.45. The minimum Gasteiger partial charge on any atom is -0.0619 e. The molecule has 0 nitrogen and oxygen atoms in total. The number of hydrogen-bond acceptors (Lipinski definition) is 0. The Kier molecular flexibility index (Phi) is 1.29. The van der Waals surface area contributed by atoms with Crippen molar-refractivity contribution >= 4 is 0 Å². The smallest absolute Gasteiger partial charge is 0.00805 e. The lowest BCUT2D eigenvalue weighted by Gasteiger charge is -2.18. The van der Waals surface area contributed by atoms with Gasteiger partial charge in [-0.1, -0.05) is 48.5 Å². The fraction of sp³-hybridized carbons (Fsp3) is 0.200. The van der Waals surface area contributed by atoms with Gasteiger partial charge in [-0.2, -0.15) is 0 Å². The molecule has 2 aromatic carbocycles. The Morgan fingerprint density at radius 3 is 1.67 bits per heavy atom. The van der Waals surface area contributed by atoms with Gasteiger partial charge in [-0.3, -0.25) is 0 Å². The fourth-order valence-corrected chi connectivity index (χ4v) is 3.01. The SMILES string of the molecule is c1ccc2c(c1)-c1ccccc1[C@@H]1C[C@H]21. The van der Waals surface area contributed by atoms with Crippen molar-refractivity contribution in [3.05, 3.63) is 59.7 Å². The van der Waals surface area contributed by atoms with Gasteiger partial charge in [0, 0.05) is 0 Å². The summed E-state index contributed by atoms with van der Waals surface area (Å²) in [5.74, 6) is 1.63. The van der Waals surface area contributed by atoms with E-state index in [0.717, 1.165) is 11.8 Å². The number of fused-ring (bicyclic) bond motifs is 6. The quantitative estimate of drug-likeness (QED) is 0.593. The maximum absolute atomic E-state index is 2.30. The minimum atomic E-state index is 0.816. The van der Waals surface area contributed by atoms with Crippen molar-refractivity contribution in [1.82, 2.24) is 0 Å². The highest BCUT2D eigenvalue weighted by atomic mass is 14.5. The van der Waals surface area contributed by atoms with Gasteiger partial charge in [-0.05, 0) is 40.5 Å². The van der Waals surface area contributed by atoms with Crippen LogP contribution < -0.4 is 0 Å². The monoisotopic (exact) mass is 192 g/mol. The van der Waals surface area contributed by atoms with Crippen molar-refractivity contribution in [1.29, 1.82) is 0 Å². The molecule has 2 aromatic rings. The van der Waals surface area contributed by atoms with Crippen LogP contribution in [0.25, 0.3) is 11.1 Å². The van der Waals surface area contributed by atoms with Crippen molar-refractivity contribution in [2.24, 2.45) is 0 Å². The summed E-state index contributed by atoms with van der Waals surface area (Å²) in [6.45, 7) is 0. The second-order valence-electron chi connectivity index (χ2n) is 4.62. The molecule has 2 aliphatic carbocycles. The Hall–Kier alpha value is -1.56. The molecule has 15 heavy (non-hydrogen) atoms. The molecule has 72 valence electrons. The van der Waals surface area contributed by atoms with E-state index in [2.05, 4.69) is 48.5 Å². The topological polar surface area (TPSA) is 0 Å². The molecule has 0 heteroatoms. The maximum atomic E-state index is 2.30. The van der Waals surface area contributed by atoms with Gasteiger partial charge >= 0.3 is 0 Å². The first-order valence-corrected chi connectivity index (χ1v) is 5.63. The average molecular weight is 192 g/mol. The third kappa shape index (κ3) is 0.918. The van der Waals surface area contributed by atoms with Gasteiger partial charge in [-0.25, -0.2) is 0 Å².